The van der Waals surface area contributed by atoms with Crippen molar-refractivity contribution in [1.29, 1.82) is 0 Å². The highest BCUT2D eigenvalue weighted by atomic mass is 17.2. The largest absolute Gasteiger partial charge is 0.460 e. The number of rotatable bonds is 7. The van der Waals surface area contributed by atoms with Crippen molar-refractivity contribution in [2.75, 3.05) is 13.2 Å². The maximum Gasteiger partial charge on any atom is 0.309 e. The Bertz CT molecular complexity index is 351. The number of aliphatic hydroxyl groups is 1. The number of ether oxygens (including phenoxy) is 1. The van der Waals surface area contributed by atoms with Crippen LogP contribution >= 0.6 is 0 Å². The van der Waals surface area contributed by atoms with E-state index in [0.29, 0.717) is 18.4 Å². The Morgan fingerprint density at radius 3 is 2.52 bits per heavy atom. The van der Waals surface area contributed by atoms with Crippen LogP contribution < -0.4 is 0 Å². The molecule has 2 fully saturated rings. The summed E-state index contributed by atoms with van der Waals surface area (Å²) in [5, 5.41) is 9.70. The molecular weight excluding hydrogens is 296 g/mol. The summed E-state index contributed by atoms with van der Waals surface area (Å²) in [6.45, 7) is 4.78. The average Bonchev–Trinajstić information content (AvgIpc) is 2.54. The topological polar surface area (TPSA) is 65.0 Å². The fourth-order valence-electron chi connectivity index (χ4n) is 3.66. The van der Waals surface area contributed by atoms with Crippen molar-refractivity contribution in [1.82, 2.24) is 0 Å². The van der Waals surface area contributed by atoms with Gasteiger partial charge >= 0.3 is 5.97 Å². The van der Waals surface area contributed by atoms with Crippen LogP contribution in [0.3, 0.4) is 0 Å². The van der Waals surface area contributed by atoms with Crippen molar-refractivity contribution >= 4 is 5.97 Å². The van der Waals surface area contributed by atoms with Crippen molar-refractivity contribution in [3.05, 3.63) is 0 Å². The summed E-state index contributed by atoms with van der Waals surface area (Å²) in [5.41, 5.74) is 0. The van der Waals surface area contributed by atoms with Gasteiger partial charge in [0.2, 0.25) is 6.29 Å². The maximum atomic E-state index is 12.0. The van der Waals surface area contributed by atoms with E-state index >= 15 is 0 Å². The van der Waals surface area contributed by atoms with Crippen molar-refractivity contribution in [2.24, 2.45) is 23.7 Å². The third kappa shape index (κ3) is 6.77. The molecule has 134 valence electrons. The molecule has 23 heavy (non-hydrogen) atoms. The third-order valence-electron chi connectivity index (χ3n) is 5.26. The Balaban J connectivity index is 1.54. The third-order valence-corrected chi connectivity index (χ3v) is 5.26. The van der Waals surface area contributed by atoms with Gasteiger partial charge in [-0.1, -0.05) is 39.5 Å². The zero-order valence-electron chi connectivity index (χ0n) is 14.5. The molecule has 2 saturated carbocycles. The number of carbonyl (C=O) groups excluding carboxylic acids is 1. The van der Waals surface area contributed by atoms with Crippen LogP contribution in [-0.2, 0) is 19.3 Å². The highest BCUT2D eigenvalue weighted by molar-refractivity contribution is 5.72. The van der Waals surface area contributed by atoms with E-state index in [0.717, 1.165) is 38.0 Å². The molecular formula is C18H32O5. The molecule has 0 aromatic carbocycles. The monoisotopic (exact) mass is 328 g/mol. The van der Waals surface area contributed by atoms with E-state index in [4.69, 9.17) is 14.5 Å². The van der Waals surface area contributed by atoms with Crippen LogP contribution in [0.1, 0.15) is 65.2 Å². The Morgan fingerprint density at radius 2 is 1.83 bits per heavy atom. The Hall–Kier alpha value is -0.650. The van der Waals surface area contributed by atoms with E-state index in [9.17, 15) is 9.90 Å². The van der Waals surface area contributed by atoms with Crippen LogP contribution in [0.2, 0.25) is 0 Å². The molecule has 2 aliphatic carbocycles. The number of aliphatic hydroxyl groups excluding tert-OH is 1. The molecule has 0 radical (unpaired) electrons. The molecule has 0 aromatic heterocycles. The van der Waals surface area contributed by atoms with Crippen LogP contribution in [-0.4, -0.2) is 30.6 Å². The van der Waals surface area contributed by atoms with E-state index in [1.807, 2.05) is 0 Å². The summed E-state index contributed by atoms with van der Waals surface area (Å²) >= 11 is 0. The van der Waals surface area contributed by atoms with Gasteiger partial charge in [0.25, 0.3) is 0 Å². The summed E-state index contributed by atoms with van der Waals surface area (Å²) in [7, 11) is 0. The van der Waals surface area contributed by atoms with Gasteiger partial charge in [0.1, 0.15) is 6.61 Å². The normalized spacial score (nSPS) is 33.2. The highest BCUT2D eigenvalue weighted by Gasteiger charge is 2.27. The van der Waals surface area contributed by atoms with Crippen molar-refractivity contribution in [3.8, 4) is 0 Å². The lowest BCUT2D eigenvalue weighted by Crippen LogP contribution is -2.28. The molecule has 2 aliphatic rings. The number of hydrogen-bond donors (Lipinski definition) is 1. The predicted octanol–water partition coefficient (Wildman–Crippen LogP) is 3.45. The summed E-state index contributed by atoms with van der Waals surface area (Å²) in [6.07, 6.45) is 7.57. The van der Waals surface area contributed by atoms with Crippen molar-refractivity contribution < 1.29 is 24.4 Å². The van der Waals surface area contributed by atoms with Gasteiger partial charge in [-0.05, 0) is 43.4 Å². The van der Waals surface area contributed by atoms with Crippen LogP contribution in [0.25, 0.3) is 0 Å². The van der Waals surface area contributed by atoms with Crippen LogP contribution in [0.4, 0.5) is 0 Å². The number of hydrogen-bond acceptors (Lipinski definition) is 5. The van der Waals surface area contributed by atoms with Crippen LogP contribution in [0.15, 0.2) is 0 Å². The van der Waals surface area contributed by atoms with Gasteiger partial charge in [0.05, 0.1) is 12.5 Å². The molecule has 0 heterocycles. The minimum Gasteiger partial charge on any atom is -0.460 e. The summed E-state index contributed by atoms with van der Waals surface area (Å²) in [4.78, 5) is 22.0. The van der Waals surface area contributed by atoms with Crippen LogP contribution in [0, 0.1) is 23.7 Å². The number of esters is 1. The molecule has 0 aliphatic heterocycles. The average molecular weight is 328 g/mol. The summed E-state index contributed by atoms with van der Waals surface area (Å²) in [6, 6.07) is 0. The molecule has 1 N–H and O–H groups in total. The van der Waals surface area contributed by atoms with Gasteiger partial charge in [0, 0.05) is 0 Å². The van der Waals surface area contributed by atoms with Crippen molar-refractivity contribution in [3.63, 3.8) is 0 Å². The van der Waals surface area contributed by atoms with Crippen LogP contribution in [0.5, 0.6) is 0 Å². The first-order valence-electron chi connectivity index (χ1n) is 9.17. The van der Waals surface area contributed by atoms with Gasteiger partial charge in [-0.25, -0.2) is 9.78 Å². The predicted molar refractivity (Wildman–Crippen MR) is 86.2 cm³/mol. The second-order valence-corrected chi connectivity index (χ2v) is 7.56. The molecule has 3 unspecified atom stereocenters. The van der Waals surface area contributed by atoms with Gasteiger partial charge in [-0.2, -0.15) is 0 Å². The van der Waals surface area contributed by atoms with Gasteiger partial charge in [-0.15, -0.1) is 0 Å². The van der Waals surface area contributed by atoms with Gasteiger partial charge in [0.15, 0.2) is 0 Å². The first-order valence-corrected chi connectivity index (χ1v) is 9.17. The Labute approximate surface area is 139 Å². The molecule has 0 aromatic rings. The lowest BCUT2D eigenvalue weighted by Gasteiger charge is -2.26. The first kappa shape index (κ1) is 18.7. The van der Waals surface area contributed by atoms with E-state index in [1.54, 1.807) is 0 Å². The molecule has 5 nitrogen and oxygen atoms in total. The zero-order valence-corrected chi connectivity index (χ0v) is 14.5. The molecule has 0 spiro atoms. The van der Waals surface area contributed by atoms with E-state index in [-0.39, 0.29) is 18.5 Å². The van der Waals surface area contributed by atoms with E-state index < -0.39 is 6.29 Å². The minimum absolute atomic E-state index is 0.0314. The first-order chi connectivity index (χ1) is 11.0. The maximum absolute atomic E-state index is 12.0. The Kier molecular flexibility index (Phi) is 7.80. The van der Waals surface area contributed by atoms with E-state index in [1.165, 1.54) is 19.3 Å². The van der Waals surface area contributed by atoms with E-state index in [2.05, 4.69) is 13.8 Å². The molecule has 3 atom stereocenters. The lowest BCUT2D eigenvalue weighted by molar-refractivity contribution is -0.379. The molecule has 5 heteroatoms. The summed E-state index contributed by atoms with van der Waals surface area (Å²) in [5.74, 6) is 1.63. The molecule has 0 saturated heterocycles. The molecule has 0 amide bonds. The smallest absolute Gasteiger partial charge is 0.309 e. The fourth-order valence-corrected chi connectivity index (χ4v) is 3.66. The molecule has 2 rings (SSSR count). The molecule has 0 bridgehead atoms. The van der Waals surface area contributed by atoms with Crippen molar-refractivity contribution in [2.45, 2.75) is 71.5 Å². The second kappa shape index (κ2) is 9.60. The SMILES string of the molecule is CC1CCC(COOC(O)COC(=O)C2CCCC(C)C2)CC1. The number of carbonyl (C=O) groups is 1. The fraction of sp³-hybridized carbons (Fsp3) is 0.944. The standard InChI is InChI=1S/C18H32O5/c1-13-6-8-15(9-7-13)11-22-23-17(19)12-21-18(20)16-5-3-4-14(2)10-16/h13-17,19H,3-12H2,1-2H3. The highest BCUT2D eigenvalue weighted by Crippen LogP contribution is 2.30. The zero-order chi connectivity index (χ0) is 16.7. The quantitative estimate of drug-likeness (QED) is 0.336. The summed E-state index contributed by atoms with van der Waals surface area (Å²) < 4.78 is 5.15. The Morgan fingerprint density at radius 1 is 1.09 bits per heavy atom. The van der Waals surface area contributed by atoms with Gasteiger partial charge < -0.3 is 9.84 Å². The lowest BCUT2D eigenvalue weighted by atomic mass is 9.82. The van der Waals surface area contributed by atoms with Gasteiger partial charge in [-0.3, -0.25) is 4.79 Å². The minimum atomic E-state index is -1.21. The second-order valence-electron chi connectivity index (χ2n) is 7.56.